The van der Waals surface area contributed by atoms with E-state index in [1.165, 1.54) is 0 Å². The van der Waals surface area contributed by atoms with Gasteiger partial charge in [0.25, 0.3) is 5.92 Å². The van der Waals surface area contributed by atoms with Gasteiger partial charge in [-0.2, -0.15) is 0 Å². The van der Waals surface area contributed by atoms with Crippen LogP contribution in [0.5, 0.6) is 0 Å². The lowest BCUT2D eigenvalue weighted by molar-refractivity contribution is -0.127. The Bertz CT molecular complexity index is 1080. The van der Waals surface area contributed by atoms with E-state index in [1.54, 1.807) is 6.92 Å². The lowest BCUT2D eigenvalue weighted by Crippen LogP contribution is -2.55. The molecular formula is C28H37F4N3O4. The van der Waals surface area contributed by atoms with Crippen molar-refractivity contribution < 1.29 is 37.4 Å². The smallest absolute Gasteiger partial charge is 0.405 e. The number of carbonyl (C=O) groups is 2. The van der Waals surface area contributed by atoms with Gasteiger partial charge in [0.15, 0.2) is 0 Å². The van der Waals surface area contributed by atoms with Crippen LogP contribution in [-0.2, 0) is 24.2 Å². The van der Waals surface area contributed by atoms with Gasteiger partial charge in [0.05, 0.1) is 5.60 Å². The summed E-state index contributed by atoms with van der Waals surface area (Å²) in [6.45, 7) is 3.46. The van der Waals surface area contributed by atoms with Crippen LogP contribution >= 0.6 is 0 Å². The normalized spacial score (nSPS) is 13.9. The van der Waals surface area contributed by atoms with Crippen molar-refractivity contribution in [3.63, 3.8) is 0 Å². The van der Waals surface area contributed by atoms with Gasteiger partial charge >= 0.3 is 6.09 Å². The van der Waals surface area contributed by atoms with Crippen LogP contribution in [0.1, 0.15) is 56.2 Å². The zero-order valence-corrected chi connectivity index (χ0v) is 22.2. The molecule has 0 aliphatic rings. The molecule has 0 aromatic heterocycles. The second kappa shape index (κ2) is 14.8. The van der Waals surface area contributed by atoms with Gasteiger partial charge in [-0.05, 0) is 41.7 Å². The second-order valence-electron chi connectivity index (χ2n) is 9.84. The molecule has 2 rings (SSSR count). The monoisotopic (exact) mass is 555 g/mol. The molecule has 0 unspecified atom stereocenters. The number of nitrogens with one attached hydrogen (secondary N) is 3. The fraction of sp³-hybridized carbons (Fsp3) is 0.500. The van der Waals surface area contributed by atoms with Crippen molar-refractivity contribution in [2.24, 2.45) is 0 Å². The van der Waals surface area contributed by atoms with Gasteiger partial charge in [-0.25, -0.2) is 22.4 Å². The first-order valence-electron chi connectivity index (χ1n) is 13.0. The minimum Gasteiger partial charge on any atom is -0.465 e. The molecule has 39 heavy (non-hydrogen) atoms. The Kier molecular flexibility index (Phi) is 12.2. The van der Waals surface area contributed by atoms with Gasteiger partial charge in [0.1, 0.15) is 17.7 Å². The van der Waals surface area contributed by atoms with Crippen LogP contribution in [0.3, 0.4) is 0 Å². The molecule has 5 N–H and O–H groups in total. The van der Waals surface area contributed by atoms with Crippen molar-refractivity contribution in [1.82, 2.24) is 16.0 Å². The predicted molar refractivity (Wildman–Crippen MR) is 140 cm³/mol. The highest BCUT2D eigenvalue weighted by molar-refractivity contribution is 5.85. The lowest BCUT2D eigenvalue weighted by atomic mass is 9.93. The summed E-state index contributed by atoms with van der Waals surface area (Å²) in [5.41, 5.74) is 0.360. The highest BCUT2D eigenvalue weighted by Gasteiger charge is 2.37. The number of halogens is 4. The van der Waals surface area contributed by atoms with Crippen molar-refractivity contribution >= 4 is 12.0 Å². The average molecular weight is 556 g/mol. The maximum atomic E-state index is 14.3. The molecule has 0 saturated heterocycles. The summed E-state index contributed by atoms with van der Waals surface area (Å²) in [6, 6.07) is 8.74. The van der Waals surface area contributed by atoms with Crippen LogP contribution in [0.2, 0.25) is 0 Å². The van der Waals surface area contributed by atoms with Crippen molar-refractivity contribution in [3.05, 3.63) is 70.8 Å². The molecule has 2 atom stereocenters. The number of carboxylic acid groups (broad SMARTS) is 1. The molecule has 0 spiro atoms. The summed E-state index contributed by atoms with van der Waals surface area (Å²) < 4.78 is 56.3. The summed E-state index contributed by atoms with van der Waals surface area (Å²) in [5.74, 6) is -6.03. The van der Waals surface area contributed by atoms with Crippen LogP contribution in [-0.4, -0.2) is 52.9 Å². The number of hydrogen-bond acceptors (Lipinski definition) is 4. The summed E-state index contributed by atoms with van der Waals surface area (Å²) in [7, 11) is 0. The van der Waals surface area contributed by atoms with E-state index < -0.39 is 60.6 Å². The summed E-state index contributed by atoms with van der Waals surface area (Å²) in [6.07, 6.45) is -1.96. The second-order valence-corrected chi connectivity index (χ2v) is 9.84. The molecule has 2 amide bonds. The first kappa shape index (κ1) is 32.0. The van der Waals surface area contributed by atoms with E-state index in [1.807, 2.05) is 36.5 Å². The Morgan fingerprint density at radius 2 is 1.64 bits per heavy atom. The Hall–Kier alpha value is -3.18. The van der Waals surface area contributed by atoms with E-state index >= 15 is 0 Å². The highest BCUT2D eigenvalue weighted by Crippen LogP contribution is 2.27. The SMILES string of the molecule is CCCCC(F)(F)C[C@@H](NC(=O)O)C(=O)NC[C@](O)(CNCc1cccc(CC)c1)Cc1cc(F)cc(F)c1. The van der Waals surface area contributed by atoms with E-state index in [4.69, 9.17) is 5.11 Å². The maximum absolute atomic E-state index is 14.3. The van der Waals surface area contributed by atoms with Gasteiger partial charge in [-0.1, -0.05) is 44.5 Å². The van der Waals surface area contributed by atoms with Gasteiger partial charge in [-0.15, -0.1) is 0 Å². The minimum absolute atomic E-state index is 0.116. The van der Waals surface area contributed by atoms with Crippen LogP contribution in [0.25, 0.3) is 0 Å². The largest absolute Gasteiger partial charge is 0.465 e. The number of amides is 2. The molecule has 2 aromatic rings. The number of carbonyl (C=O) groups excluding carboxylic acids is 1. The molecule has 0 heterocycles. The van der Waals surface area contributed by atoms with E-state index in [-0.39, 0.29) is 24.9 Å². The molecule has 0 saturated carbocycles. The number of aryl methyl sites for hydroxylation is 1. The fourth-order valence-corrected chi connectivity index (χ4v) is 4.25. The van der Waals surface area contributed by atoms with E-state index in [9.17, 15) is 32.3 Å². The molecular weight excluding hydrogens is 518 g/mol. The molecule has 216 valence electrons. The Balaban J connectivity index is 2.17. The first-order chi connectivity index (χ1) is 18.3. The number of rotatable bonds is 16. The average Bonchev–Trinajstić information content (AvgIpc) is 2.85. The molecule has 0 bridgehead atoms. The van der Waals surface area contributed by atoms with Crippen molar-refractivity contribution in [1.29, 1.82) is 0 Å². The van der Waals surface area contributed by atoms with Crippen molar-refractivity contribution in [2.45, 2.75) is 76.5 Å². The van der Waals surface area contributed by atoms with Gasteiger partial charge in [0, 0.05) is 45.0 Å². The van der Waals surface area contributed by atoms with E-state index in [0.29, 0.717) is 19.0 Å². The van der Waals surface area contributed by atoms with E-state index in [0.717, 1.165) is 29.7 Å². The van der Waals surface area contributed by atoms with Crippen LogP contribution < -0.4 is 16.0 Å². The van der Waals surface area contributed by atoms with Gasteiger partial charge < -0.3 is 26.2 Å². The highest BCUT2D eigenvalue weighted by atomic mass is 19.3. The fourth-order valence-electron chi connectivity index (χ4n) is 4.25. The molecule has 0 aliphatic heterocycles. The standard InChI is InChI=1S/C28H37F4N3O4/c1-3-5-9-28(31,32)15-24(35-26(37)38)25(36)34-18-27(39,14-21-11-22(29)13-23(30)12-21)17-33-16-20-8-6-7-19(4-2)10-20/h6-8,10-13,24,33,35,39H,3-5,9,14-18H2,1-2H3,(H,34,36)(H,37,38)/t24-,27-/m1/s1. The number of unbranched alkanes of at least 4 members (excludes halogenated alkanes) is 1. The molecule has 7 nitrogen and oxygen atoms in total. The quantitative estimate of drug-likeness (QED) is 0.195. The van der Waals surface area contributed by atoms with Crippen LogP contribution in [0, 0.1) is 11.6 Å². The summed E-state index contributed by atoms with van der Waals surface area (Å²) in [5, 5.41) is 27.7. The lowest BCUT2D eigenvalue weighted by Gasteiger charge is -2.30. The number of benzene rings is 2. The Morgan fingerprint density at radius 3 is 2.26 bits per heavy atom. The topological polar surface area (TPSA) is 111 Å². The molecule has 0 radical (unpaired) electrons. The van der Waals surface area contributed by atoms with Gasteiger partial charge in [-0.3, -0.25) is 4.79 Å². The third-order valence-electron chi connectivity index (χ3n) is 6.24. The summed E-state index contributed by atoms with van der Waals surface area (Å²) >= 11 is 0. The zero-order chi connectivity index (χ0) is 29.1. The zero-order valence-electron chi connectivity index (χ0n) is 22.2. The van der Waals surface area contributed by atoms with E-state index in [2.05, 4.69) is 10.6 Å². The van der Waals surface area contributed by atoms with Gasteiger partial charge in [0.2, 0.25) is 5.91 Å². The third-order valence-corrected chi connectivity index (χ3v) is 6.24. The Labute approximate surface area is 226 Å². The van der Waals surface area contributed by atoms with Crippen molar-refractivity contribution in [2.75, 3.05) is 13.1 Å². The maximum Gasteiger partial charge on any atom is 0.405 e. The van der Waals surface area contributed by atoms with Crippen LogP contribution in [0.15, 0.2) is 42.5 Å². The Morgan fingerprint density at radius 1 is 0.974 bits per heavy atom. The number of hydrogen-bond donors (Lipinski definition) is 5. The number of alkyl halides is 2. The molecule has 0 fully saturated rings. The van der Waals surface area contributed by atoms with Crippen LogP contribution in [0.4, 0.5) is 22.4 Å². The minimum atomic E-state index is -3.29. The molecule has 11 heteroatoms. The third kappa shape index (κ3) is 11.6. The number of aliphatic hydroxyl groups is 1. The molecule has 2 aromatic carbocycles. The molecule has 0 aliphatic carbocycles. The van der Waals surface area contributed by atoms with Crippen molar-refractivity contribution in [3.8, 4) is 0 Å². The first-order valence-corrected chi connectivity index (χ1v) is 13.0. The summed E-state index contributed by atoms with van der Waals surface area (Å²) in [4.78, 5) is 24.0. The predicted octanol–water partition coefficient (Wildman–Crippen LogP) is 4.56.